The molecule has 0 amide bonds. The van der Waals surface area contributed by atoms with Crippen LogP contribution >= 0.6 is 35.0 Å². The quantitative estimate of drug-likeness (QED) is 0.623. The SMILES string of the molecule is CSc1nn(-c2c(Cl)cc(C)cc2Cl)c2nc(C)nc(C)c12. The molecular formula is C15H14Cl2N4S. The van der Waals surface area contributed by atoms with E-state index in [9.17, 15) is 0 Å². The van der Waals surface area contributed by atoms with Gasteiger partial charge in [0.1, 0.15) is 16.5 Å². The van der Waals surface area contributed by atoms with Gasteiger partial charge in [0.05, 0.1) is 21.1 Å². The summed E-state index contributed by atoms with van der Waals surface area (Å²) in [6.07, 6.45) is 1.98. The zero-order chi connectivity index (χ0) is 16.0. The highest BCUT2D eigenvalue weighted by molar-refractivity contribution is 7.98. The number of aryl methyl sites for hydroxylation is 3. The second-order valence-corrected chi connectivity index (χ2v) is 6.66. The van der Waals surface area contributed by atoms with Crippen LogP contribution in [-0.2, 0) is 0 Å². The summed E-state index contributed by atoms with van der Waals surface area (Å²) in [5.41, 5.74) is 3.28. The largest absolute Gasteiger partial charge is 0.238 e. The third-order valence-electron chi connectivity index (χ3n) is 3.35. The van der Waals surface area contributed by atoms with Crippen LogP contribution in [0.2, 0.25) is 10.0 Å². The van der Waals surface area contributed by atoms with Crippen LogP contribution in [0.5, 0.6) is 0 Å². The molecule has 22 heavy (non-hydrogen) atoms. The average molecular weight is 353 g/mol. The van der Waals surface area contributed by atoms with Gasteiger partial charge < -0.3 is 0 Å². The smallest absolute Gasteiger partial charge is 0.168 e. The minimum atomic E-state index is 0.552. The number of thioether (sulfide) groups is 1. The highest BCUT2D eigenvalue weighted by Gasteiger charge is 2.20. The summed E-state index contributed by atoms with van der Waals surface area (Å²) in [6, 6.07) is 3.74. The van der Waals surface area contributed by atoms with E-state index in [2.05, 4.69) is 15.1 Å². The van der Waals surface area contributed by atoms with Gasteiger partial charge in [0.25, 0.3) is 0 Å². The molecule has 0 unspecified atom stereocenters. The highest BCUT2D eigenvalue weighted by atomic mass is 35.5. The second kappa shape index (κ2) is 5.72. The van der Waals surface area contributed by atoms with Gasteiger partial charge in [-0.1, -0.05) is 23.2 Å². The van der Waals surface area contributed by atoms with Crippen molar-refractivity contribution < 1.29 is 0 Å². The molecule has 3 rings (SSSR count). The lowest BCUT2D eigenvalue weighted by Gasteiger charge is -2.09. The van der Waals surface area contributed by atoms with Crippen LogP contribution in [0.15, 0.2) is 17.2 Å². The van der Waals surface area contributed by atoms with Gasteiger partial charge in [-0.25, -0.2) is 14.6 Å². The summed E-state index contributed by atoms with van der Waals surface area (Å²) in [7, 11) is 0. The fraction of sp³-hybridized carbons (Fsp3) is 0.267. The third-order valence-corrected chi connectivity index (χ3v) is 4.60. The Hall–Kier alpha value is -1.30. The topological polar surface area (TPSA) is 43.6 Å². The third kappa shape index (κ3) is 2.47. The van der Waals surface area contributed by atoms with Crippen LogP contribution in [-0.4, -0.2) is 26.0 Å². The Balaban J connectivity index is 2.42. The van der Waals surface area contributed by atoms with Crippen molar-refractivity contribution in [1.29, 1.82) is 0 Å². The second-order valence-electron chi connectivity index (χ2n) is 5.05. The predicted molar refractivity (Wildman–Crippen MR) is 92.7 cm³/mol. The molecule has 0 aliphatic carbocycles. The summed E-state index contributed by atoms with van der Waals surface area (Å²) >= 11 is 14.4. The van der Waals surface area contributed by atoms with Gasteiger partial charge in [-0.3, -0.25) is 0 Å². The van der Waals surface area contributed by atoms with Crippen molar-refractivity contribution in [3.63, 3.8) is 0 Å². The van der Waals surface area contributed by atoms with E-state index in [4.69, 9.17) is 23.2 Å². The Kier molecular flexibility index (Phi) is 4.05. The first-order chi connectivity index (χ1) is 10.4. The first-order valence-electron chi connectivity index (χ1n) is 6.66. The van der Waals surface area contributed by atoms with E-state index in [0.717, 1.165) is 27.3 Å². The Bertz CT molecular complexity index is 866. The van der Waals surface area contributed by atoms with Crippen LogP contribution in [0.1, 0.15) is 17.1 Å². The monoisotopic (exact) mass is 352 g/mol. The van der Waals surface area contributed by atoms with Crippen LogP contribution in [0.4, 0.5) is 0 Å². The number of halogens is 2. The van der Waals surface area contributed by atoms with E-state index in [1.54, 1.807) is 16.4 Å². The van der Waals surface area contributed by atoms with Crippen LogP contribution in [0.25, 0.3) is 16.7 Å². The zero-order valence-corrected chi connectivity index (χ0v) is 14.9. The lowest BCUT2D eigenvalue weighted by molar-refractivity contribution is 0.849. The van der Waals surface area contributed by atoms with Gasteiger partial charge in [-0.15, -0.1) is 11.8 Å². The Morgan fingerprint density at radius 3 is 2.27 bits per heavy atom. The minimum Gasteiger partial charge on any atom is -0.238 e. The number of nitrogens with zero attached hydrogens (tertiary/aromatic N) is 4. The molecule has 3 aromatic rings. The number of hydrogen-bond donors (Lipinski definition) is 0. The summed E-state index contributed by atoms with van der Waals surface area (Å²) in [4.78, 5) is 8.98. The molecule has 0 spiro atoms. The standard InChI is InChI=1S/C15H14Cl2N4S/c1-7-5-10(16)13(11(17)6-7)21-14-12(15(20-21)22-4)8(2)18-9(3)19-14/h5-6H,1-4H3. The molecule has 0 aliphatic heterocycles. The van der Waals surface area contributed by atoms with Crippen LogP contribution < -0.4 is 0 Å². The molecule has 0 N–H and O–H groups in total. The first kappa shape index (κ1) is 15.6. The Labute approximate surface area is 142 Å². The van der Waals surface area contributed by atoms with Crippen molar-refractivity contribution >= 4 is 46.0 Å². The van der Waals surface area contributed by atoms with E-state index >= 15 is 0 Å². The molecule has 4 nitrogen and oxygen atoms in total. The zero-order valence-electron chi connectivity index (χ0n) is 12.6. The van der Waals surface area contributed by atoms with E-state index < -0.39 is 0 Å². The van der Waals surface area contributed by atoms with Crippen molar-refractivity contribution in [2.24, 2.45) is 0 Å². The maximum atomic E-state index is 6.41. The number of benzene rings is 1. The van der Waals surface area contributed by atoms with Gasteiger partial charge in [0.2, 0.25) is 0 Å². The summed E-state index contributed by atoms with van der Waals surface area (Å²) in [6.45, 7) is 5.77. The van der Waals surface area contributed by atoms with Gasteiger partial charge in [0.15, 0.2) is 5.65 Å². The number of aromatic nitrogens is 4. The van der Waals surface area contributed by atoms with E-state index in [0.29, 0.717) is 21.6 Å². The maximum absolute atomic E-state index is 6.41. The fourth-order valence-electron chi connectivity index (χ4n) is 2.48. The maximum Gasteiger partial charge on any atom is 0.168 e. The van der Waals surface area contributed by atoms with Crippen LogP contribution in [0, 0.1) is 20.8 Å². The minimum absolute atomic E-state index is 0.552. The predicted octanol–water partition coefficient (Wildman–Crippen LogP) is 4.77. The molecule has 0 fully saturated rings. The van der Waals surface area contributed by atoms with Crippen LogP contribution in [0.3, 0.4) is 0 Å². The molecule has 0 radical (unpaired) electrons. The van der Waals surface area contributed by atoms with Crippen molar-refractivity contribution in [1.82, 2.24) is 19.7 Å². The first-order valence-corrected chi connectivity index (χ1v) is 8.64. The molecular weight excluding hydrogens is 339 g/mol. The Morgan fingerprint density at radius 2 is 1.68 bits per heavy atom. The highest BCUT2D eigenvalue weighted by Crippen LogP contribution is 2.35. The number of hydrogen-bond acceptors (Lipinski definition) is 4. The van der Waals surface area contributed by atoms with Gasteiger partial charge in [0, 0.05) is 0 Å². The molecule has 0 aliphatic rings. The molecule has 2 aromatic heterocycles. The summed E-state index contributed by atoms with van der Waals surface area (Å²) in [5.74, 6) is 0.693. The van der Waals surface area contributed by atoms with Crippen molar-refractivity contribution in [2.45, 2.75) is 25.8 Å². The lowest BCUT2D eigenvalue weighted by atomic mass is 10.2. The van der Waals surface area contributed by atoms with Gasteiger partial charge >= 0.3 is 0 Å². The molecule has 0 saturated heterocycles. The van der Waals surface area contributed by atoms with Gasteiger partial charge in [-0.05, 0) is 44.7 Å². The van der Waals surface area contributed by atoms with Crippen molar-refractivity contribution in [3.05, 3.63) is 39.3 Å². The molecule has 7 heteroatoms. The Morgan fingerprint density at radius 1 is 1.05 bits per heavy atom. The number of fused-ring (bicyclic) bond motifs is 1. The fourth-order valence-corrected chi connectivity index (χ4v) is 3.84. The van der Waals surface area contributed by atoms with Gasteiger partial charge in [-0.2, -0.15) is 5.10 Å². The van der Waals surface area contributed by atoms with E-state index in [-0.39, 0.29) is 0 Å². The summed E-state index contributed by atoms with van der Waals surface area (Å²) < 4.78 is 1.72. The van der Waals surface area contributed by atoms with E-state index in [1.807, 2.05) is 39.2 Å². The normalized spacial score (nSPS) is 11.4. The lowest BCUT2D eigenvalue weighted by Crippen LogP contribution is -2.02. The van der Waals surface area contributed by atoms with E-state index in [1.165, 1.54) is 0 Å². The van der Waals surface area contributed by atoms with Crippen molar-refractivity contribution in [2.75, 3.05) is 6.26 Å². The molecule has 0 saturated carbocycles. The average Bonchev–Trinajstić information content (AvgIpc) is 2.76. The molecule has 0 bridgehead atoms. The molecule has 0 atom stereocenters. The molecule has 1 aromatic carbocycles. The van der Waals surface area contributed by atoms with Crippen molar-refractivity contribution in [3.8, 4) is 5.69 Å². The summed E-state index contributed by atoms with van der Waals surface area (Å²) in [5, 5.41) is 7.54. The number of rotatable bonds is 2. The molecule has 114 valence electrons. The molecule has 2 heterocycles.